The van der Waals surface area contributed by atoms with Gasteiger partial charge in [-0.3, -0.25) is 4.79 Å². The van der Waals surface area contributed by atoms with E-state index < -0.39 is 5.41 Å². The van der Waals surface area contributed by atoms with Crippen LogP contribution in [0.4, 0.5) is 0 Å². The maximum absolute atomic E-state index is 12.7. The lowest BCUT2D eigenvalue weighted by atomic mass is 9.40. The van der Waals surface area contributed by atoms with Gasteiger partial charge in [0, 0.05) is 11.8 Å². The number of carbonyl (C=O) groups is 2. The molecule has 0 heterocycles. The van der Waals surface area contributed by atoms with Crippen molar-refractivity contribution in [2.24, 2.45) is 33.5 Å². The third kappa shape index (κ3) is 1.80. The summed E-state index contributed by atoms with van der Waals surface area (Å²) in [5.74, 6) is 1.34. The first-order valence-corrected chi connectivity index (χ1v) is 9.45. The average molecular weight is 318 g/mol. The molecule has 6 atom stereocenters. The van der Waals surface area contributed by atoms with E-state index in [2.05, 4.69) is 13.8 Å². The fourth-order valence-electron chi connectivity index (χ4n) is 7.75. The number of carbonyl (C=O) groups excluding carboxylic acids is 2. The number of Topliss-reactive ketones (excluding diaryl/α,β-unsaturated/α-hetero) is 1. The van der Waals surface area contributed by atoms with Crippen LogP contribution in [0.5, 0.6) is 0 Å². The highest BCUT2D eigenvalue weighted by Gasteiger charge is 2.68. The quantitative estimate of drug-likeness (QED) is 0.792. The summed E-state index contributed by atoms with van der Waals surface area (Å²) in [5, 5.41) is 9.88. The lowest BCUT2D eigenvalue weighted by molar-refractivity contribution is -0.162. The fraction of sp³-hybridized carbons (Fsp3) is 0.900. The minimum Gasteiger partial charge on any atom is -0.395 e. The highest BCUT2D eigenvalue weighted by atomic mass is 16.3. The summed E-state index contributed by atoms with van der Waals surface area (Å²) in [5.41, 5.74) is -0.298. The number of rotatable bonds is 2. The zero-order chi connectivity index (χ0) is 16.5. The van der Waals surface area contributed by atoms with E-state index in [0.29, 0.717) is 24.0 Å². The summed E-state index contributed by atoms with van der Waals surface area (Å²) >= 11 is 0. The lowest BCUT2D eigenvalue weighted by Crippen LogP contribution is -2.57. The van der Waals surface area contributed by atoms with Crippen molar-refractivity contribution in [1.29, 1.82) is 0 Å². The van der Waals surface area contributed by atoms with Crippen LogP contribution in [0.1, 0.15) is 71.6 Å². The summed E-state index contributed by atoms with van der Waals surface area (Å²) in [4.78, 5) is 24.5. The van der Waals surface area contributed by atoms with Gasteiger partial charge in [0.05, 0.1) is 12.0 Å². The number of aliphatic hydroxyl groups excluding tert-OH is 1. The Balaban J connectivity index is 1.74. The Bertz CT molecular complexity index is 557. The van der Waals surface area contributed by atoms with Crippen molar-refractivity contribution in [1.82, 2.24) is 0 Å². The standard InChI is InChI=1S/C20H30O3/c1-17(12-21)6-3-7-18(2)14(17)4-8-19-10-16(23)20(11-19,13-22)9-5-15(18)19/h12,14-15,22H,3-11,13H2,1-2H3. The number of ketones is 1. The highest BCUT2D eigenvalue weighted by Crippen LogP contribution is 2.72. The minimum absolute atomic E-state index is 0.0342. The van der Waals surface area contributed by atoms with Crippen LogP contribution in [-0.4, -0.2) is 23.8 Å². The second-order valence-corrected chi connectivity index (χ2v) is 9.74. The zero-order valence-corrected chi connectivity index (χ0v) is 14.6. The Kier molecular flexibility index (Phi) is 3.22. The predicted octanol–water partition coefficient (Wildman–Crippen LogP) is 3.53. The van der Waals surface area contributed by atoms with Crippen molar-refractivity contribution in [2.75, 3.05) is 6.61 Å². The van der Waals surface area contributed by atoms with Gasteiger partial charge in [0.15, 0.2) is 0 Å². The van der Waals surface area contributed by atoms with E-state index in [4.69, 9.17) is 0 Å². The van der Waals surface area contributed by atoms with Gasteiger partial charge in [-0.2, -0.15) is 0 Å². The molecule has 4 fully saturated rings. The maximum Gasteiger partial charge on any atom is 0.141 e. The van der Waals surface area contributed by atoms with Crippen LogP contribution in [0, 0.1) is 33.5 Å². The van der Waals surface area contributed by atoms with Gasteiger partial charge < -0.3 is 9.90 Å². The molecule has 1 N–H and O–H groups in total. The number of hydrogen-bond donors (Lipinski definition) is 1. The molecule has 0 radical (unpaired) electrons. The summed E-state index contributed by atoms with van der Waals surface area (Å²) in [7, 11) is 0. The van der Waals surface area contributed by atoms with Crippen molar-refractivity contribution >= 4 is 12.1 Å². The topological polar surface area (TPSA) is 54.4 Å². The van der Waals surface area contributed by atoms with Crippen LogP contribution < -0.4 is 0 Å². The number of fused-ring (bicyclic) bond motifs is 3. The van der Waals surface area contributed by atoms with Crippen LogP contribution in [0.15, 0.2) is 0 Å². The third-order valence-electron chi connectivity index (χ3n) is 8.77. The molecule has 0 amide bonds. The molecular formula is C20H30O3. The third-order valence-corrected chi connectivity index (χ3v) is 8.77. The summed E-state index contributed by atoms with van der Waals surface area (Å²) in [6, 6.07) is 0. The van der Waals surface area contributed by atoms with Gasteiger partial charge in [0.2, 0.25) is 0 Å². The minimum atomic E-state index is -0.428. The molecule has 4 aliphatic carbocycles. The monoisotopic (exact) mass is 318 g/mol. The molecule has 2 bridgehead atoms. The van der Waals surface area contributed by atoms with E-state index in [9.17, 15) is 14.7 Å². The van der Waals surface area contributed by atoms with Crippen molar-refractivity contribution in [3.63, 3.8) is 0 Å². The molecule has 4 rings (SSSR count). The SMILES string of the molecule is CC1(C=O)CCCC2(C)C1CCC13CC(=O)C(CO)(CCC12)C3. The van der Waals surface area contributed by atoms with Crippen LogP contribution in [0.25, 0.3) is 0 Å². The van der Waals surface area contributed by atoms with Gasteiger partial charge in [-0.25, -0.2) is 0 Å². The number of hydrogen-bond acceptors (Lipinski definition) is 3. The first kappa shape index (κ1) is 15.8. The van der Waals surface area contributed by atoms with Gasteiger partial charge in [-0.1, -0.05) is 20.3 Å². The summed E-state index contributed by atoms with van der Waals surface area (Å²) < 4.78 is 0. The van der Waals surface area contributed by atoms with E-state index in [-0.39, 0.29) is 22.9 Å². The smallest absolute Gasteiger partial charge is 0.141 e. The molecule has 1 spiro atoms. The average Bonchev–Trinajstić information content (AvgIpc) is 2.73. The van der Waals surface area contributed by atoms with Gasteiger partial charge in [0.25, 0.3) is 0 Å². The van der Waals surface area contributed by atoms with E-state index in [1.165, 1.54) is 12.7 Å². The Hall–Kier alpha value is -0.700. The summed E-state index contributed by atoms with van der Waals surface area (Å²) in [6.45, 7) is 4.62. The van der Waals surface area contributed by atoms with Crippen LogP contribution in [0.2, 0.25) is 0 Å². The molecular weight excluding hydrogens is 288 g/mol. The molecule has 4 saturated carbocycles. The van der Waals surface area contributed by atoms with Crippen molar-refractivity contribution < 1.29 is 14.7 Å². The molecule has 3 nitrogen and oxygen atoms in total. The Labute approximate surface area is 139 Å². The van der Waals surface area contributed by atoms with Crippen molar-refractivity contribution in [2.45, 2.75) is 71.6 Å². The maximum atomic E-state index is 12.7. The molecule has 4 aliphatic rings. The van der Waals surface area contributed by atoms with E-state index >= 15 is 0 Å². The molecule has 6 unspecified atom stereocenters. The molecule has 3 heteroatoms. The van der Waals surface area contributed by atoms with E-state index in [1.54, 1.807) is 0 Å². The van der Waals surface area contributed by atoms with Crippen LogP contribution in [-0.2, 0) is 9.59 Å². The van der Waals surface area contributed by atoms with E-state index in [1.807, 2.05) is 0 Å². The van der Waals surface area contributed by atoms with Crippen molar-refractivity contribution in [3.05, 3.63) is 0 Å². The van der Waals surface area contributed by atoms with Gasteiger partial charge in [0.1, 0.15) is 12.1 Å². The Morgan fingerprint density at radius 3 is 2.57 bits per heavy atom. The fourth-order valence-corrected chi connectivity index (χ4v) is 7.75. The van der Waals surface area contributed by atoms with E-state index in [0.717, 1.165) is 44.9 Å². The molecule has 128 valence electrons. The second-order valence-electron chi connectivity index (χ2n) is 9.74. The first-order valence-electron chi connectivity index (χ1n) is 9.45. The van der Waals surface area contributed by atoms with Gasteiger partial charge in [-0.05, 0) is 67.6 Å². The zero-order valence-electron chi connectivity index (χ0n) is 14.6. The van der Waals surface area contributed by atoms with Crippen LogP contribution >= 0.6 is 0 Å². The highest BCUT2D eigenvalue weighted by molar-refractivity contribution is 5.88. The lowest BCUT2D eigenvalue weighted by Gasteiger charge is -2.63. The predicted molar refractivity (Wildman–Crippen MR) is 87.8 cm³/mol. The molecule has 0 aromatic rings. The largest absolute Gasteiger partial charge is 0.395 e. The molecule has 23 heavy (non-hydrogen) atoms. The molecule has 0 aliphatic heterocycles. The molecule has 0 aromatic heterocycles. The number of aliphatic hydroxyl groups is 1. The van der Waals surface area contributed by atoms with Gasteiger partial charge >= 0.3 is 0 Å². The Morgan fingerprint density at radius 2 is 1.87 bits per heavy atom. The Morgan fingerprint density at radius 1 is 1.13 bits per heavy atom. The number of aldehydes is 1. The molecule has 0 saturated heterocycles. The first-order chi connectivity index (χ1) is 10.8. The van der Waals surface area contributed by atoms with Gasteiger partial charge in [-0.15, -0.1) is 0 Å². The summed E-state index contributed by atoms with van der Waals surface area (Å²) in [6.07, 6.45) is 10.2. The second kappa shape index (κ2) is 4.68. The normalized spacial score (nSPS) is 55.2. The van der Waals surface area contributed by atoms with Crippen molar-refractivity contribution in [3.8, 4) is 0 Å². The molecule has 0 aromatic carbocycles. The van der Waals surface area contributed by atoms with Crippen LogP contribution in [0.3, 0.4) is 0 Å².